The number of hydrogen-bond acceptors (Lipinski definition) is 3. The van der Waals surface area contributed by atoms with Crippen LogP contribution in [0, 0.1) is 0 Å². The third kappa shape index (κ3) is 4.97. The van der Waals surface area contributed by atoms with E-state index >= 15 is 0 Å². The Morgan fingerprint density at radius 1 is 1.10 bits per heavy atom. The van der Waals surface area contributed by atoms with E-state index in [-0.39, 0.29) is 5.91 Å². The molecule has 0 heterocycles. The van der Waals surface area contributed by atoms with Gasteiger partial charge in [0.15, 0.2) is 0 Å². The Hall–Kier alpha value is -1.94. The van der Waals surface area contributed by atoms with Gasteiger partial charge in [0.1, 0.15) is 5.75 Å². The number of thioether (sulfide) groups is 1. The van der Waals surface area contributed by atoms with E-state index in [0.717, 1.165) is 22.1 Å². The topological polar surface area (TPSA) is 38.3 Å². The minimum atomic E-state index is -0.0540. The molecule has 0 aliphatic rings. The molecule has 0 atom stereocenters. The Kier molecular flexibility index (Phi) is 5.50. The lowest BCUT2D eigenvalue weighted by atomic mass is 10.3. The highest BCUT2D eigenvalue weighted by molar-refractivity contribution is 7.99. The molecule has 0 radical (unpaired) electrons. The SMILES string of the molecule is CC(=O)Nc1ccc(SCCOc2ccccc2)cc1. The Bertz CT molecular complexity index is 540. The van der Waals surface area contributed by atoms with Crippen LogP contribution in [0.5, 0.6) is 5.75 Å². The molecule has 0 saturated carbocycles. The van der Waals surface area contributed by atoms with Crippen LogP contribution < -0.4 is 10.1 Å². The molecule has 104 valence electrons. The van der Waals surface area contributed by atoms with Crippen molar-refractivity contribution in [2.75, 3.05) is 17.7 Å². The average Bonchev–Trinajstić information content (AvgIpc) is 2.46. The summed E-state index contributed by atoms with van der Waals surface area (Å²) in [5, 5.41) is 2.75. The average molecular weight is 287 g/mol. The second-order valence-corrected chi connectivity index (χ2v) is 5.38. The zero-order valence-electron chi connectivity index (χ0n) is 11.3. The fourth-order valence-electron chi connectivity index (χ4n) is 1.67. The summed E-state index contributed by atoms with van der Waals surface area (Å²) in [6, 6.07) is 17.6. The number of hydrogen-bond donors (Lipinski definition) is 1. The van der Waals surface area contributed by atoms with E-state index in [0.29, 0.717) is 6.61 Å². The molecule has 2 aromatic carbocycles. The second-order valence-electron chi connectivity index (χ2n) is 4.22. The first-order valence-corrected chi connectivity index (χ1v) is 7.41. The minimum absolute atomic E-state index is 0.0540. The summed E-state index contributed by atoms with van der Waals surface area (Å²) in [4.78, 5) is 12.1. The normalized spacial score (nSPS) is 10.1. The van der Waals surface area contributed by atoms with Gasteiger partial charge in [0.05, 0.1) is 6.61 Å². The summed E-state index contributed by atoms with van der Waals surface area (Å²) in [6.07, 6.45) is 0. The Balaban J connectivity index is 1.73. The number of amides is 1. The number of benzene rings is 2. The van der Waals surface area contributed by atoms with E-state index in [9.17, 15) is 4.79 Å². The van der Waals surface area contributed by atoms with Gasteiger partial charge in [0, 0.05) is 23.3 Å². The highest BCUT2D eigenvalue weighted by Crippen LogP contribution is 2.20. The van der Waals surface area contributed by atoms with Gasteiger partial charge in [-0.3, -0.25) is 4.79 Å². The summed E-state index contributed by atoms with van der Waals surface area (Å²) in [7, 11) is 0. The van der Waals surface area contributed by atoms with Gasteiger partial charge < -0.3 is 10.1 Å². The standard InChI is InChI=1S/C16H17NO2S/c1-13(18)17-14-7-9-16(10-8-14)20-12-11-19-15-5-3-2-4-6-15/h2-10H,11-12H2,1H3,(H,17,18). The van der Waals surface area contributed by atoms with E-state index in [2.05, 4.69) is 5.32 Å². The number of nitrogens with one attached hydrogen (secondary N) is 1. The maximum Gasteiger partial charge on any atom is 0.221 e. The molecule has 4 heteroatoms. The van der Waals surface area contributed by atoms with Crippen molar-refractivity contribution in [1.29, 1.82) is 0 Å². The van der Waals surface area contributed by atoms with Crippen molar-refractivity contribution < 1.29 is 9.53 Å². The Morgan fingerprint density at radius 2 is 1.80 bits per heavy atom. The van der Waals surface area contributed by atoms with Gasteiger partial charge in [-0.1, -0.05) is 18.2 Å². The molecule has 0 unspecified atom stereocenters. The Labute approximate surface area is 123 Å². The molecule has 0 bridgehead atoms. The number of carbonyl (C=O) groups is 1. The largest absolute Gasteiger partial charge is 0.493 e. The molecule has 20 heavy (non-hydrogen) atoms. The molecule has 1 amide bonds. The van der Waals surface area contributed by atoms with Crippen LogP contribution in [0.4, 0.5) is 5.69 Å². The first-order valence-electron chi connectivity index (χ1n) is 6.42. The van der Waals surface area contributed by atoms with E-state index in [4.69, 9.17) is 4.74 Å². The molecule has 0 saturated heterocycles. The zero-order valence-corrected chi connectivity index (χ0v) is 12.2. The van der Waals surface area contributed by atoms with Crippen LogP contribution in [0.25, 0.3) is 0 Å². The van der Waals surface area contributed by atoms with E-state index in [1.807, 2.05) is 54.6 Å². The van der Waals surface area contributed by atoms with Crippen molar-refractivity contribution in [1.82, 2.24) is 0 Å². The maximum atomic E-state index is 10.9. The summed E-state index contributed by atoms with van der Waals surface area (Å²) in [5.74, 6) is 1.73. The van der Waals surface area contributed by atoms with E-state index < -0.39 is 0 Å². The van der Waals surface area contributed by atoms with Gasteiger partial charge >= 0.3 is 0 Å². The van der Waals surface area contributed by atoms with Crippen molar-refractivity contribution in [3.05, 3.63) is 54.6 Å². The number of para-hydroxylation sites is 1. The van der Waals surface area contributed by atoms with Crippen LogP contribution in [-0.2, 0) is 4.79 Å². The number of carbonyl (C=O) groups excluding carboxylic acids is 1. The summed E-state index contributed by atoms with van der Waals surface area (Å²) < 4.78 is 5.63. The second kappa shape index (κ2) is 7.60. The Morgan fingerprint density at radius 3 is 2.45 bits per heavy atom. The summed E-state index contributed by atoms with van der Waals surface area (Å²) >= 11 is 1.73. The molecule has 3 nitrogen and oxygen atoms in total. The van der Waals surface area contributed by atoms with Gasteiger partial charge in [-0.15, -0.1) is 11.8 Å². The van der Waals surface area contributed by atoms with Crippen LogP contribution in [0.2, 0.25) is 0 Å². The number of rotatable bonds is 6. The molecule has 0 aliphatic heterocycles. The highest BCUT2D eigenvalue weighted by atomic mass is 32.2. The van der Waals surface area contributed by atoms with E-state index in [1.165, 1.54) is 6.92 Å². The predicted octanol–water partition coefficient (Wildman–Crippen LogP) is 3.82. The first-order chi connectivity index (χ1) is 9.74. The van der Waals surface area contributed by atoms with E-state index in [1.54, 1.807) is 11.8 Å². The molecule has 1 N–H and O–H groups in total. The smallest absolute Gasteiger partial charge is 0.221 e. The molecule has 2 rings (SSSR count). The third-order valence-electron chi connectivity index (χ3n) is 2.54. The third-order valence-corrected chi connectivity index (χ3v) is 3.51. The highest BCUT2D eigenvalue weighted by Gasteiger charge is 1.98. The van der Waals surface area contributed by atoms with Crippen LogP contribution in [0.3, 0.4) is 0 Å². The van der Waals surface area contributed by atoms with Crippen LogP contribution in [0.15, 0.2) is 59.5 Å². The monoisotopic (exact) mass is 287 g/mol. The number of ether oxygens (including phenoxy) is 1. The fourth-order valence-corrected chi connectivity index (χ4v) is 2.40. The molecule has 0 spiro atoms. The summed E-state index contributed by atoms with van der Waals surface area (Å²) in [5.41, 5.74) is 0.822. The van der Waals surface area contributed by atoms with Crippen molar-refractivity contribution in [2.45, 2.75) is 11.8 Å². The number of anilines is 1. The fraction of sp³-hybridized carbons (Fsp3) is 0.188. The summed E-state index contributed by atoms with van der Waals surface area (Å²) in [6.45, 7) is 2.17. The zero-order chi connectivity index (χ0) is 14.2. The molecule has 0 aliphatic carbocycles. The molecular weight excluding hydrogens is 270 g/mol. The van der Waals surface area contributed by atoms with Gasteiger partial charge in [-0.05, 0) is 36.4 Å². The van der Waals surface area contributed by atoms with Crippen LogP contribution >= 0.6 is 11.8 Å². The molecule has 0 aromatic heterocycles. The lowest BCUT2D eigenvalue weighted by molar-refractivity contribution is -0.114. The van der Waals surface area contributed by atoms with Gasteiger partial charge in [-0.2, -0.15) is 0 Å². The molecule has 0 fully saturated rings. The van der Waals surface area contributed by atoms with Gasteiger partial charge in [0.25, 0.3) is 0 Å². The lowest BCUT2D eigenvalue weighted by Crippen LogP contribution is -2.05. The van der Waals surface area contributed by atoms with Crippen molar-refractivity contribution in [3.8, 4) is 5.75 Å². The maximum absolute atomic E-state index is 10.9. The van der Waals surface area contributed by atoms with Crippen molar-refractivity contribution >= 4 is 23.4 Å². The van der Waals surface area contributed by atoms with Crippen molar-refractivity contribution in [3.63, 3.8) is 0 Å². The first kappa shape index (κ1) is 14.5. The molecule has 2 aromatic rings. The minimum Gasteiger partial charge on any atom is -0.493 e. The van der Waals surface area contributed by atoms with Crippen LogP contribution in [-0.4, -0.2) is 18.3 Å². The lowest BCUT2D eigenvalue weighted by Gasteiger charge is -2.06. The van der Waals surface area contributed by atoms with Crippen LogP contribution in [0.1, 0.15) is 6.92 Å². The van der Waals surface area contributed by atoms with Crippen molar-refractivity contribution in [2.24, 2.45) is 0 Å². The van der Waals surface area contributed by atoms with Gasteiger partial charge in [0.2, 0.25) is 5.91 Å². The van der Waals surface area contributed by atoms with Gasteiger partial charge in [-0.25, -0.2) is 0 Å². The molecular formula is C16H17NO2S. The predicted molar refractivity (Wildman–Crippen MR) is 83.4 cm³/mol. The quantitative estimate of drug-likeness (QED) is 0.648.